The van der Waals surface area contributed by atoms with Crippen molar-refractivity contribution < 1.29 is 4.79 Å². The van der Waals surface area contributed by atoms with Gasteiger partial charge in [-0.15, -0.1) is 0 Å². The molecule has 1 aromatic carbocycles. The molecule has 1 aliphatic heterocycles. The first kappa shape index (κ1) is 18.0. The molecule has 0 spiro atoms. The van der Waals surface area contributed by atoms with E-state index in [-0.39, 0.29) is 5.91 Å². The number of carbonyl (C=O) groups excluding carboxylic acids is 1. The Balaban J connectivity index is 1.27. The van der Waals surface area contributed by atoms with Gasteiger partial charge in [0, 0.05) is 57.8 Å². The van der Waals surface area contributed by atoms with Crippen molar-refractivity contribution in [3.8, 4) is 11.3 Å². The first-order valence-corrected chi connectivity index (χ1v) is 10.3. The van der Waals surface area contributed by atoms with Gasteiger partial charge in [-0.2, -0.15) is 10.2 Å². The number of hydrogen-bond acceptors (Lipinski definition) is 4. The summed E-state index contributed by atoms with van der Waals surface area (Å²) in [6.45, 7) is 3.04. The molecule has 1 saturated carbocycles. The van der Waals surface area contributed by atoms with Gasteiger partial charge in [0.15, 0.2) is 0 Å². The minimum absolute atomic E-state index is 0.0468. The fourth-order valence-corrected chi connectivity index (χ4v) is 4.07. The lowest BCUT2D eigenvalue weighted by atomic mass is 10.1. The van der Waals surface area contributed by atoms with Crippen molar-refractivity contribution in [1.82, 2.24) is 24.5 Å². The summed E-state index contributed by atoms with van der Waals surface area (Å²) < 4.78 is 3.68. The van der Waals surface area contributed by atoms with Crippen LogP contribution in [0, 0.1) is 0 Å². The highest BCUT2D eigenvalue weighted by molar-refractivity contribution is 5.94. The molecule has 0 unspecified atom stereocenters. The van der Waals surface area contributed by atoms with Gasteiger partial charge in [-0.25, -0.2) is 0 Å². The third-order valence-electron chi connectivity index (χ3n) is 5.93. The van der Waals surface area contributed by atoms with Crippen LogP contribution < -0.4 is 4.90 Å². The summed E-state index contributed by atoms with van der Waals surface area (Å²) in [5.41, 5.74) is 3.70. The van der Waals surface area contributed by atoms with Crippen molar-refractivity contribution in [1.29, 1.82) is 0 Å². The minimum atomic E-state index is 0.0468. The Morgan fingerprint density at radius 3 is 2.34 bits per heavy atom. The molecule has 5 rings (SSSR count). The monoisotopic (exact) mass is 390 g/mol. The van der Waals surface area contributed by atoms with Crippen LogP contribution in [-0.4, -0.2) is 56.5 Å². The fraction of sp³-hybridized carbons (Fsp3) is 0.409. The average molecular weight is 390 g/mol. The van der Waals surface area contributed by atoms with E-state index in [2.05, 4.69) is 21.2 Å². The van der Waals surface area contributed by atoms with E-state index < -0.39 is 0 Å². The normalized spacial score (nSPS) is 17.0. The third-order valence-corrected chi connectivity index (χ3v) is 5.93. The maximum Gasteiger partial charge on any atom is 0.272 e. The van der Waals surface area contributed by atoms with Crippen molar-refractivity contribution in [2.75, 3.05) is 31.1 Å². The predicted molar refractivity (Wildman–Crippen MR) is 112 cm³/mol. The van der Waals surface area contributed by atoms with Crippen LogP contribution in [0.3, 0.4) is 0 Å². The number of benzene rings is 1. The van der Waals surface area contributed by atoms with E-state index in [9.17, 15) is 4.79 Å². The van der Waals surface area contributed by atoms with Gasteiger partial charge in [-0.3, -0.25) is 14.2 Å². The molecule has 7 heteroatoms. The van der Waals surface area contributed by atoms with Crippen LogP contribution in [0.2, 0.25) is 0 Å². The van der Waals surface area contributed by atoms with Gasteiger partial charge >= 0.3 is 0 Å². The third kappa shape index (κ3) is 3.41. The average Bonchev–Trinajstić information content (AvgIpc) is 3.42. The standard InChI is InChI=1S/C22H26N6O/c1-25-20(14-18(23-25)16-6-4-3-5-7-16)22(29)28-12-10-27(11-13-28)21-15-19(17-8-9-17)24-26(21)2/h3-7,14-15,17H,8-13H2,1-2H3. The van der Waals surface area contributed by atoms with Crippen molar-refractivity contribution >= 4 is 11.7 Å². The number of aromatic nitrogens is 4. The number of amides is 1. The largest absolute Gasteiger partial charge is 0.353 e. The summed E-state index contributed by atoms with van der Waals surface area (Å²) in [6.07, 6.45) is 2.52. The van der Waals surface area contributed by atoms with E-state index in [1.54, 1.807) is 4.68 Å². The highest BCUT2D eigenvalue weighted by Gasteiger charge is 2.30. The van der Waals surface area contributed by atoms with Gasteiger partial charge in [-0.05, 0) is 18.9 Å². The Hall–Kier alpha value is -3.09. The van der Waals surface area contributed by atoms with E-state index in [0.717, 1.165) is 30.2 Å². The van der Waals surface area contributed by atoms with Gasteiger partial charge in [0.2, 0.25) is 0 Å². The zero-order valence-electron chi connectivity index (χ0n) is 17.0. The first-order chi connectivity index (χ1) is 14.1. The molecule has 2 fully saturated rings. The lowest BCUT2D eigenvalue weighted by Crippen LogP contribution is -2.49. The summed E-state index contributed by atoms with van der Waals surface area (Å²) >= 11 is 0. The van der Waals surface area contributed by atoms with Crippen LogP contribution in [-0.2, 0) is 14.1 Å². The van der Waals surface area contributed by atoms with E-state index in [1.807, 2.05) is 60.1 Å². The van der Waals surface area contributed by atoms with Crippen molar-refractivity contribution in [3.05, 3.63) is 53.9 Å². The molecule has 150 valence electrons. The molecule has 0 bridgehead atoms. The van der Waals surface area contributed by atoms with Crippen molar-refractivity contribution in [2.45, 2.75) is 18.8 Å². The summed E-state index contributed by atoms with van der Waals surface area (Å²) in [5, 5.41) is 9.22. The molecular formula is C22H26N6O. The highest BCUT2D eigenvalue weighted by atomic mass is 16.2. The summed E-state index contributed by atoms with van der Waals surface area (Å²) in [6, 6.07) is 14.1. The molecule has 2 aliphatic rings. The van der Waals surface area contributed by atoms with E-state index >= 15 is 0 Å². The summed E-state index contributed by atoms with van der Waals surface area (Å²) in [5.74, 6) is 1.86. The lowest BCUT2D eigenvalue weighted by molar-refractivity contribution is 0.0735. The van der Waals surface area contributed by atoms with Gasteiger partial charge in [0.05, 0.1) is 11.4 Å². The molecule has 0 atom stereocenters. The second-order valence-electron chi connectivity index (χ2n) is 8.01. The van der Waals surface area contributed by atoms with E-state index in [1.165, 1.54) is 18.5 Å². The van der Waals surface area contributed by atoms with Crippen LogP contribution in [0.15, 0.2) is 42.5 Å². The SMILES string of the molecule is Cn1nc(-c2ccccc2)cc1C(=O)N1CCN(c2cc(C3CC3)nn2C)CC1. The first-order valence-electron chi connectivity index (χ1n) is 10.3. The summed E-state index contributed by atoms with van der Waals surface area (Å²) in [7, 11) is 3.85. The molecule has 2 aromatic heterocycles. The molecule has 1 aliphatic carbocycles. The lowest BCUT2D eigenvalue weighted by Gasteiger charge is -2.35. The topological polar surface area (TPSA) is 59.2 Å². The smallest absolute Gasteiger partial charge is 0.272 e. The van der Waals surface area contributed by atoms with Crippen LogP contribution in [0.1, 0.15) is 34.9 Å². The fourth-order valence-electron chi connectivity index (χ4n) is 4.07. The molecule has 0 N–H and O–H groups in total. The van der Waals surface area contributed by atoms with E-state index in [4.69, 9.17) is 0 Å². The van der Waals surface area contributed by atoms with Crippen LogP contribution in [0.4, 0.5) is 5.82 Å². The Morgan fingerprint density at radius 1 is 0.931 bits per heavy atom. The minimum Gasteiger partial charge on any atom is -0.353 e. The molecular weight excluding hydrogens is 364 g/mol. The zero-order chi connectivity index (χ0) is 20.0. The maximum absolute atomic E-state index is 13.1. The molecule has 7 nitrogen and oxygen atoms in total. The molecule has 1 saturated heterocycles. The maximum atomic E-state index is 13.1. The Bertz CT molecular complexity index is 1030. The van der Waals surface area contributed by atoms with Crippen molar-refractivity contribution in [2.24, 2.45) is 14.1 Å². The number of nitrogens with zero attached hydrogens (tertiary/aromatic N) is 6. The van der Waals surface area contributed by atoms with Gasteiger partial charge < -0.3 is 9.80 Å². The van der Waals surface area contributed by atoms with Gasteiger partial charge in [0.1, 0.15) is 11.5 Å². The highest BCUT2D eigenvalue weighted by Crippen LogP contribution is 2.40. The van der Waals surface area contributed by atoms with Crippen LogP contribution >= 0.6 is 0 Å². The summed E-state index contributed by atoms with van der Waals surface area (Å²) in [4.78, 5) is 17.4. The molecule has 3 heterocycles. The van der Waals surface area contributed by atoms with Crippen molar-refractivity contribution in [3.63, 3.8) is 0 Å². The molecule has 3 aromatic rings. The zero-order valence-corrected chi connectivity index (χ0v) is 17.0. The van der Waals surface area contributed by atoms with E-state index in [0.29, 0.717) is 24.7 Å². The predicted octanol–water partition coefficient (Wildman–Crippen LogP) is 2.66. The Labute approximate surface area is 170 Å². The number of hydrogen-bond donors (Lipinski definition) is 0. The number of aryl methyl sites for hydroxylation is 2. The number of anilines is 1. The van der Waals surface area contributed by atoms with Crippen LogP contribution in [0.5, 0.6) is 0 Å². The second-order valence-corrected chi connectivity index (χ2v) is 8.01. The Morgan fingerprint density at radius 2 is 1.66 bits per heavy atom. The van der Waals surface area contributed by atoms with Gasteiger partial charge in [0.25, 0.3) is 5.91 Å². The number of piperazine rings is 1. The van der Waals surface area contributed by atoms with Crippen LogP contribution in [0.25, 0.3) is 11.3 Å². The second kappa shape index (κ2) is 7.06. The number of rotatable bonds is 4. The number of carbonyl (C=O) groups is 1. The molecule has 0 radical (unpaired) electrons. The molecule has 1 amide bonds. The Kier molecular flexibility index (Phi) is 4.38. The molecule has 29 heavy (non-hydrogen) atoms. The van der Waals surface area contributed by atoms with Gasteiger partial charge in [-0.1, -0.05) is 30.3 Å². The quantitative estimate of drug-likeness (QED) is 0.687.